The van der Waals surface area contributed by atoms with Gasteiger partial charge in [0.15, 0.2) is 5.82 Å². The molecule has 2 heterocycles. The lowest BCUT2D eigenvalue weighted by Gasteiger charge is -2.10. The molecule has 0 spiro atoms. The quantitative estimate of drug-likeness (QED) is 0.933. The van der Waals surface area contributed by atoms with Gasteiger partial charge >= 0.3 is 0 Å². The zero-order chi connectivity index (χ0) is 15.9. The minimum absolute atomic E-state index is 0.216. The molecule has 1 aliphatic rings. The molecule has 3 rings (SSSR count). The lowest BCUT2D eigenvalue weighted by atomic mass is 10.1. The van der Waals surface area contributed by atoms with E-state index in [4.69, 9.17) is 4.52 Å². The van der Waals surface area contributed by atoms with Gasteiger partial charge in [0.05, 0.1) is 5.69 Å². The van der Waals surface area contributed by atoms with Crippen LogP contribution in [-0.4, -0.2) is 23.4 Å². The van der Waals surface area contributed by atoms with Crippen LogP contribution >= 0.6 is 0 Å². The average Bonchev–Trinajstić information content (AvgIpc) is 3.15. The van der Waals surface area contributed by atoms with Gasteiger partial charge < -0.3 is 4.52 Å². The summed E-state index contributed by atoms with van der Waals surface area (Å²) in [6.07, 6.45) is 5.77. The predicted molar refractivity (Wildman–Crippen MR) is 81.2 cm³/mol. The molecule has 7 nitrogen and oxygen atoms in total. The lowest BCUT2D eigenvalue weighted by Crippen LogP contribution is -2.16. The Kier molecular flexibility index (Phi) is 3.72. The van der Waals surface area contributed by atoms with Crippen LogP contribution in [0.25, 0.3) is 0 Å². The molecule has 8 heteroatoms. The molecule has 0 unspecified atom stereocenters. The van der Waals surface area contributed by atoms with Crippen molar-refractivity contribution < 1.29 is 12.9 Å². The molecule has 1 saturated carbocycles. The zero-order valence-corrected chi connectivity index (χ0v) is 13.8. The summed E-state index contributed by atoms with van der Waals surface area (Å²) in [4.78, 5) is 0.238. The lowest BCUT2D eigenvalue weighted by molar-refractivity contribution is 0.399. The molecule has 0 atom stereocenters. The van der Waals surface area contributed by atoms with Crippen LogP contribution in [0.5, 0.6) is 0 Å². The minimum Gasteiger partial charge on any atom is -0.359 e. The standard InChI is InChI=1S/C14H20N4O3S/c1-9-10(2)21-16-14(9)17-22(19,20)12-8-18(3)15-13(12)11-6-4-5-7-11/h8,11H,4-7H2,1-3H3,(H,16,17). The van der Waals surface area contributed by atoms with E-state index in [1.165, 1.54) is 0 Å². The molecular formula is C14H20N4O3S. The SMILES string of the molecule is Cc1onc(NS(=O)(=O)c2cn(C)nc2C2CCCC2)c1C. The Bertz CT molecular complexity index is 785. The van der Waals surface area contributed by atoms with Crippen molar-refractivity contribution in [2.24, 2.45) is 7.05 Å². The Balaban J connectivity index is 1.97. The second-order valence-electron chi connectivity index (χ2n) is 5.85. The second-order valence-corrected chi connectivity index (χ2v) is 7.50. The highest BCUT2D eigenvalue weighted by Crippen LogP contribution is 2.36. The van der Waals surface area contributed by atoms with Crippen LogP contribution in [0.3, 0.4) is 0 Å². The minimum atomic E-state index is -3.73. The number of anilines is 1. The Morgan fingerprint density at radius 1 is 1.32 bits per heavy atom. The highest BCUT2D eigenvalue weighted by molar-refractivity contribution is 7.92. The van der Waals surface area contributed by atoms with Crippen molar-refractivity contribution in [1.82, 2.24) is 14.9 Å². The molecule has 2 aromatic heterocycles. The highest BCUT2D eigenvalue weighted by atomic mass is 32.2. The first-order chi connectivity index (χ1) is 10.4. The van der Waals surface area contributed by atoms with E-state index in [0.29, 0.717) is 17.0 Å². The van der Waals surface area contributed by atoms with E-state index in [0.717, 1.165) is 25.7 Å². The van der Waals surface area contributed by atoms with Gasteiger partial charge in [-0.25, -0.2) is 8.42 Å². The third-order valence-corrected chi connectivity index (χ3v) is 5.60. The van der Waals surface area contributed by atoms with E-state index in [1.807, 2.05) is 0 Å². The number of nitrogens with zero attached hydrogens (tertiary/aromatic N) is 3. The maximum Gasteiger partial charge on any atom is 0.266 e. The van der Waals surface area contributed by atoms with Crippen molar-refractivity contribution in [2.45, 2.75) is 50.3 Å². The fourth-order valence-corrected chi connectivity index (χ4v) is 4.20. The van der Waals surface area contributed by atoms with Crippen molar-refractivity contribution in [3.63, 3.8) is 0 Å². The first-order valence-electron chi connectivity index (χ1n) is 7.37. The summed E-state index contributed by atoms with van der Waals surface area (Å²) in [7, 11) is -1.99. The number of hydrogen-bond acceptors (Lipinski definition) is 5. The summed E-state index contributed by atoms with van der Waals surface area (Å²) in [5.41, 5.74) is 1.35. The number of rotatable bonds is 4. The monoisotopic (exact) mass is 324 g/mol. The van der Waals surface area contributed by atoms with Gasteiger partial charge in [0.2, 0.25) is 0 Å². The van der Waals surface area contributed by atoms with Gasteiger partial charge in [0.1, 0.15) is 10.7 Å². The second kappa shape index (κ2) is 5.42. The molecule has 1 fully saturated rings. The number of aromatic nitrogens is 3. The Labute approximate surface area is 129 Å². The van der Waals surface area contributed by atoms with Crippen LogP contribution in [0.1, 0.15) is 48.6 Å². The van der Waals surface area contributed by atoms with Crippen molar-refractivity contribution in [3.05, 3.63) is 23.2 Å². The number of nitrogens with one attached hydrogen (secondary N) is 1. The molecule has 22 heavy (non-hydrogen) atoms. The van der Waals surface area contributed by atoms with E-state index >= 15 is 0 Å². The summed E-state index contributed by atoms with van der Waals surface area (Å²) in [5.74, 6) is 1.05. The maximum absolute atomic E-state index is 12.7. The highest BCUT2D eigenvalue weighted by Gasteiger charge is 2.30. The summed E-state index contributed by atoms with van der Waals surface area (Å²) in [6.45, 7) is 3.51. The van der Waals surface area contributed by atoms with Crippen molar-refractivity contribution in [2.75, 3.05) is 4.72 Å². The Hall–Kier alpha value is -1.83. The molecule has 1 N–H and O–H groups in total. The van der Waals surface area contributed by atoms with Crippen molar-refractivity contribution in [3.8, 4) is 0 Å². The summed E-state index contributed by atoms with van der Waals surface area (Å²) < 4.78 is 34.5. The number of aryl methyl sites for hydroxylation is 2. The number of sulfonamides is 1. The molecule has 0 aliphatic heterocycles. The molecule has 0 radical (unpaired) electrons. The first-order valence-corrected chi connectivity index (χ1v) is 8.86. The largest absolute Gasteiger partial charge is 0.359 e. The fourth-order valence-electron chi connectivity index (χ4n) is 2.87. The van der Waals surface area contributed by atoms with Crippen LogP contribution in [0.4, 0.5) is 5.82 Å². The Morgan fingerprint density at radius 2 is 2.00 bits per heavy atom. The molecule has 0 amide bonds. The summed E-state index contributed by atoms with van der Waals surface area (Å²) in [6, 6.07) is 0. The topological polar surface area (TPSA) is 90.0 Å². The maximum atomic E-state index is 12.7. The van der Waals surface area contributed by atoms with E-state index in [9.17, 15) is 8.42 Å². The van der Waals surface area contributed by atoms with Gasteiger partial charge in [0, 0.05) is 24.7 Å². The van der Waals surface area contributed by atoms with Gasteiger partial charge in [-0.05, 0) is 26.7 Å². The molecule has 1 aliphatic carbocycles. The van der Waals surface area contributed by atoms with Crippen molar-refractivity contribution >= 4 is 15.8 Å². The van der Waals surface area contributed by atoms with E-state index in [2.05, 4.69) is 15.0 Å². The van der Waals surface area contributed by atoms with Gasteiger partial charge in [-0.2, -0.15) is 5.10 Å². The fraction of sp³-hybridized carbons (Fsp3) is 0.571. The van der Waals surface area contributed by atoms with Crippen LogP contribution in [0.15, 0.2) is 15.6 Å². The van der Waals surface area contributed by atoms with E-state index in [-0.39, 0.29) is 16.6 Å². The molecule has 0 aromatic carbocycles. The van der Waals surface area contributed by atoms with E-state index < -0.39 is 10.0 Å². The molecule has 2 aromatic rings. The zero-order valence-electron chi connectivity index (χ0n) is 13.0. The van der Waals surface area contributed by atoms with Gasteiger partial charge in [-0.3, -0.25) is 9.40 Å². The molecular weight excluding hydrogens is 304 g/mol. The smallest absolute Gasteiger partial charge is 0.266 e. The molecule has 120 valence electrons. The van der Waals surface area contributed by atoms with Gasteiger partial charge in [-0.15, -0.1) is 0 Å². The van der Waals surface area contributed by atoms with Gasteiger partial charge in [-0.1, -0.05) is 18.0 Å². The van der Waals surface area contributed by atoms with Gasteiger partial charge in [0.25, 0.3) is 10.0 Å². The average molecular weight is 324 g/mol. The predicted octanol–water partition coefficient (Wildman–Crippen LogP) is 2.48. The summed E-state index contributed by atoms with van der Waals surface area (Å²) >= 11 is 0. The normalized spacial score (nSPS) is 16.3. The van der Waals surface area contributed by atoms with Crippen LogP contribution in [0, 0.1) is 13.8 Å². The first kappa shape index (κ1) is 15.1. The van der Waals surface area contributed by atoms with E-state index in [1.54, 1.807) is 31.8 Å². The molecule has 0 bridgehead atoms. The number of hydrogen-bond donors (Lipinski definition) is 1. The Morgan fingerprint density at radius 3 is 2.59 bits per heavy atom. The van der Waals surface area contributed by atoms with Crippen molar-refractivity contribution in [1.29, 1.82) is 0 Å². The molecule has 0 saturated heterocycles. The third kappa shape index (κ3) is 2.63. The van der Waals surface area contributed by atoms with Crippen LogP contribution < -0.4 is 4.72 Å². The van der Waals surface area contributed by atoms with Crippen LogP contribution in [-0.2, 0) is 17.1 Å². The summed E-state index contributed by atoms with van der Waals surface area (Å²) in [5, 5.41) is 8.15. The van der Waals surface area contributed by atoms with Crippen LogP contribution in [0.2, 0.25) is 0 Å². The third-order valence-electron chi connectivity index (χ3n) is 4.24.